The van der Waals surface area contributed by atoms with E-state index in [2.05, 4.69) is 17.4 Å². The highest BCUT2D eigenvalue weighted by atomic mass is 32.2. The van der Waals surface area contributed by atoms with E-state index in [9.17, 15) is 9.59 Å². The summed E-state index contributed by atoms with van der Waals surface area (Å²) in [6, 6.07) is 17.6. The molecule has 0 unspecified atom stereocenters. The molecule has 4 nitrogen and oxygen atoms in total. The second kappa shape index (κ2) is 7.15. The van der Waals surface area contributed by atoms with Crippen molar-refractivity contribution in [3.05, 3.63) is 71.4 Å². The van der Waals surface area contributed by atoms with Crippen LogP contribution in [0.4, 0.5) is 4.79 Å². The summed E-state index contributed by atoms with van der Waals surface area (Å²) in [6.45, 7) is 0.607. The Morgan fingerprint density at radius 1 is 1.00 bits per heavy atom. The van der Waals surface area contributed by atoms with Gasteiger partial charge in [-0.25, -0.2) is 0 Å². The molecule has 3 rings (SSSR count). The third-order valence-corrected chi connectivity index (χ3v) is 4.03. The van der Waals surface area contributed by atoms with Crippen LogP contribution in [0.25, 0.3) is 6.08 Å². The molecule has 0 radical (unpaired) electrons. The number of hydrogen-bond acceptors (Lipinski definition) is 4. The molecule has 23 heavy (non-hydrogen) atoms. The zero-order chi connectivity index (χ0) is 16.1. The van der Waals surface area contributed by atoms with E-state index in [1.807, 2.05) is 42.5 Å². The van der Waals surface area contributed by atoms with Gasteiger partial charge in [0.25, 0.3) is 5.24 Å². The summed E-state index contributed by atoms with van der Waals surface area (Å²) < 4.78 is 5.71. The highest BCUT2D eigenvalue weighted by Crippen LogP contribution is 2.21. The minimum Gasteiger partial charge on any atom is -0.493 e. The lowest BCUT2D eigenvalue weighted by molar-refractivity contribution is -0.107. The second-order valence-electron chi connectivity index (χ2n) is 5.01. The summed E-state index contributed by atoms with van der Waals surface area (Å²) >= 11 is 0.678. The standard InChI is InChI=1S/C18H15NO3S/c20-17-16(19-18(21)23-17)12-14-6-8-15(9-7-14)22-11-10-13-4-2-1-3-5-13/h1-9,12H,10-11H2,(H,19,21). The van der Waals surface area contributed by atoms with Crippen LogP contribution in [0.5, 0.6) is 5.75 Å². The van der Waals surface area contributed by atoms with Gasteiger partial charge in [-0.3, -0.25) is 9.59 Å². The first-order valence-electron chi connectivity index (χ1n) is 7.22. The lowest BCUT2D eigenvalue weighted by Crippen LogP contribution is -2.10. The summed E-state index contributed by atoms with van der Waals surface area (Å²) in [6.07, 6.45) is 2.51. The van der Waals surface area contributed by atoms with Gasteiger partial charge in [0.1, 0.15) is 5.75 Å². The van der Waals surface area contributed by atoms with Gasteiger partial charge in [0, 0.05) is 18.2 Å². The fourth-order valence-corrected chi connectivity index (χ4v) is 2.73. The smallest absolute Gasteiger partial charge is 0.291 e. The molecule has 1 aliphatic rings. The molecule has 0 atom stereocenters. The molecule has 0 aliphatic carbocycles. The Bertz CT molecular complexity index is 739. The van der Waals surface area contributed by atoms with Crippen molar-refractivity contribution in [2.75, 3.05) is 6.61 Å². The quantitative estimate of drug-likeness (QED) is 0.853. The number of ether oxygens (including phenoxy) is 1. The predicted octanol–water partition coefficient (Wildman–Crippen LogP) is 3.63. The average molecular weight is 325 g/mol. The molecule has 116 valence electrons. The van der Waals surface area contributed by atoms with Gasteiger partial charge in [0.05, 0.1) is 12.3 Å². The number of rotatable bonds is 5. The van der Waals surface area contributed by atoms with Crippen molar-refractivity contribution in [2.45, 2.75) is 6.42 Å². The molecule has 0 saturated carbocycles. The van der Waals surface area contributed by atoms with Crippen LogP contribution in [0.15, 0.2) is 60.3 Å². The number of carbonyl (C=O) groups is 2. The maximum Gasteiger partial charge on any atom is 0.291 e. The Kier molecular flexibility index (Phi) is 4.78. The van der Waals surface area contributed by atoms with Crippen LogP contribution >= 0.6 is 11.8 Å². The van der Waals surface area contributed by atoms with E-state index in [0.717, 1.165) is 17.7 Å². The van der Waals surface area contributed by atoms with E-state index in [-0.39, 0.29) is 10.4 Å². The van der Waals surface area contributed by atoms with Crippen LogP contribution in [0, 0.1) is 0 Å². The number of nitrogens with one attached hydrogen (secondary N) is 1. The van der Waals surface area contributed by atoms with E-state index in [1.165, 1.54) is 5.56 Å². The molecule has 1 saturated heterocycles. The zero-order valence-electron chi connectivity index (χ0n) is 12.3. The molecule has 2 aromatic rings. The SMILES string of the molecule is O=C1NC(=Cc2ccc(OCCc3ccccc3)cc2)C(=O)S1. The molecule has 5 heteroatoms. The Morgan fingerprint density at radius 3 is 2.39 bits per heavy atom. The third kappa shape index (κ3) is 4.23. The predicted molar refractivity (Wildman–Crippen MR) is 91.2 cm³/mol. The molecule has 1 aliphatic heterocycles. The van der Waals surface area contributed by atoms with Crippen molar-refractivity contribution in [1.29, 1.82) is 0 Å². The maximum absolute atomic E-state index is 11.5. The molecular formula is C18H15NO3S. The molecule has 0 aromatic heterocycles. The van der Waals surface area contributed by atoms with E-state index in [1.54, 1.807) is 6.08 Å². The van der Waals surface area contributed by atoms with E-state index in [0.29, 0.717) is 24.1 Å². The van der Waals surface area contributed by atoms with Crippen LogP contribution in [-0.4, -0.2) is 17.0 Å². The molecule has 1 fully saturated rings. The summed E-state index contributed by atoms with van der Waals surface area (Å²) in [5.74, 6) is 0.777. The van der Waals surface area contributed by atoms with Crippen molar-refractivity contribution in [1.82, 2.24) is 5.32 Å². The summed E-state index contributed by atoms with van der Waals surface area (Å²) in [5, 5.41) is 1.94. The van der Waals surface area contributed by atoms with Crippen LogP contribution in [0.3, 0.4) is 0 Å². The van der Waals surface area contributed by atoms with Gasteiger partial charge in [-0.15, -0.1) is 0 Å². The van der Waals surface area contributed by atoms with Gasteiger partial charge >= 0.3 is 0 Å². The minimum atomic E-state index is -0.331. The van der Waals surface area contributed by atoms with Gasteiger partial charge < -0.3 is 10.1 Å². The Balaban J connectivity index is 1.56. The first-order valence-corrected chi connectivity index (χ1v) is 8.04. The van der Waals surface area contributed by atoms with E-state index >= 15 is 0 Å². The number of thioether (sulfide) groups is 1. The van der Waals surface area contributed by atoms with Gasteiger partial charge in [-0.1, -0.05) is 42.5 Å². The highest BCUT2D eigenvalue weighted by molar-refractivity contribution is 8.27. The second-order valence-corrected chi connectivity index (χ2v) is 5.96. The fraction of sp³-hybridized carbons (Fsp3) is 0.111. The van der Waals surface area contributed by atoms with Crippen LogP contribution in [-0.2, 0) is 11.2 Å². The van der Waals surface area contributed by atoms with Crippen molar-refractivity contribution in [3.8, 4) is 5.75 Å². The van der Waals surface area contributed by atoms with Gasteiger partial charge in [0.15, 0.2) is 0 Å². The summed E-state index contributed by atoms with van der Waals surface area (Å²) in [4.78, 5) is 22.6. The highest BCUT2D eigenvalue weighted by Gasteiger charge is 2.25. The Hall–Kier alpha value is -2.53. The molecule has 0 spiro atoms. The van der Waals surface area contributed by atoms with E-state index < -0.39 is 0 Å². The zero-order valence-corrected chi connectivity index (χ0v) is 13.1. The topological polar surface area (TPSA) is 55.4 Å². The monoisotopic (exact) mass is 325 g/mol. The molecule has 0 bridgehead atoms. The molecule has 1 heterocycles. The number of hydrogen-bond donors (Lipinski definition) is 1. The first kappa shape index (κ1) is 15.4. The van der Waals surface area contributed by atoms with Crippen LogP contribution in [0.2, 0.25) is 0 Å². The molecule has 2 aromatic carbocycles. The van der Waals surface area contributed by atoms with E-state index in [4.69, 9.17) is 4.74 Å². The van der Waals surface area contributed by atoms with Gasteiger partial charge in [0.2, 0.25) is 5.12 Å². The van der Waals surface area contributed by atoms with Gasteiger partial charge in [-0.05, 0) is 29.3 Å². The third-order valence-electron chi connectivity index (χ3n) is 3.34. The fourth-order valence-electron chi connectivity index (χ4n) is 2.18. The number of benzene rings is 2. The summed E-state index contributed by atoms with van der Waals surface area (Å²) in [7, 11) is 0. The molecular weight excluding hydrogens is 310 g/mol. The van der Waals surface area contributed by atoms with Gasteiger partial charge in [-0.2, -0.15) is 0 Å². The average Bonchev–Trinajstić information content (AvgIpc) is 2.88. The summed E-state index contributed by atoms with van der Waals surface area (Å²) in [5.41, 5.74) is 2.39. The van der Waals surface area contributed by atoms with Crippen molar-refractivity contribution in [3.63, 3.8) is 0 Å². The molecule has 1 N–H and O–H groups in total. The lowest BCUT2D eigenvalue weighted by atomic mass is 10.1. The van der Waals surface area contributed by atoms with Crippen LogP contribution < -0.4 is 10.1 Å². The van der Waals surface area contributed by atoms with Crippen LogP contribution in [0.1, 0.15) is 11.1 Å². The number of carbonyl (C=O) groups excluding carboxylic acids is 2. The maximum atomic E-state index is 11.5. The van der Waals surface area contributed by atoms with Crippen molar-refractivity contribution >= 4 is 28.2 Å². The molecule has 1 amide bonds. The number of amides is 1. The van der Waals surface area contributed by atoms with Crippen molar-refractivity contribution < 1.29 is 14.3 Å². The minimum absolute atomic E-state index is 0.252. The lowest BCUT2D eigenvalue weighted by Gasteiger charge is -2.06. The van der Waals surface area contributed by atoms with Crippen molar-refractivity contribution in [2.24, 2.45) is 0 Å². The Labute approximate surface area is 138 Å². The normalized spacial score (nSPS) is 15.7. The largest absolute Gasteiger partial charge is 0.493 e. The Morgan fingerprint density at radius 2 is 1.74 bits per heavy atom. The first-order chi connectivity index (χ1) is 11.2.